The number of carboxylic acid groups (broad SMARTS) is 1. The summed E-state index contributed by atoms with van der Waals surface area (Å²) in [5, 5.41) is 25.9. The van der Waals surface area contributed by atoms with Gasteiger partial charge in [-0.25, -0.2) is 24.9 Å². The molecule has 14 rings (SSSR count). The molecule has 8 aromatic heterocycles. The number of nitrogens with two attached hydrogens (primary N) is 1. The number of carbonyl (C=O) groups excluding carboxylic acids is 2. The van der Waals surface area contributed by atoms with Crippen LogP contribution in [-0.2, 0) is 46.5 Å². The Hall–Kier alpha value is -6.69. The Morgan fingerprint density at radius 1 is 0.640 bits per heavy atom. The van der Waals surface area contributed by atoms with E-state index in [1.54, 1.807) is 52.7 Å². The highest BCUT2D eigenvalue weighted by Gasteiger charge is 2.46. The number of thiophene rings is 3. The second kappa shape index (κ2) is 31.9. The van der Waals surface area contributed by atoms with E-state index in [2.05, 4.69) is 103 Å². The van der Waals surface area contributed by atoms with Gasteiger partial charge in [0.2, 0.25) is 5.91 Å². The van der Waals surface area contributed by atoms with Crippen molar-refractivity contribution in [2.24, 2.45) is 41.2 Å². The van der Waals surface area contributed by atoms with E-state index < -0.39 is 16.1 Å². The molecule has 0 bridgehead atoms. The predicted molar refractivity (Wildman–Crippen MR) is 352 cm³/mol. The molecule has 3 aliphatic carbocycles. The molecular formula is C62H83N15O8S4. The normalized spacial score (nSPS) is 21.5. The molecule has 11 heterocycles. The number of esters is 1. The van der Waals surface area contributed by atoms with Crippen molar-refractivity contribution in [1.29, 1.82) is 0 Å². The van der Waals surface area contributed by atoms with Gasteiger partial charge >= 0.3 is 11.9 Å². The minimum absolute atomic E-state index is 0.00201. The lowest BCUT2D eigenvalue weighted by Crippen LogP contribution is -2.47. The molecule has 0 radical (unpaired) electrons. The molecular weight excluding hydrogens is 1210 g/mol. The first-order valence-corrected chi connectivity index (χ1v) is 35.2. The lowest BCUT2D eigenvalue weighted by atomic mass is 10.2. The third-order valence-corrected chi connectivity index (χ3v) is 20.1. The molecule has 0 spiro atoms. The van der Waals surface area contributed by atoms with Crippen molar-refractivity contribution in [1.82, 2.24) is 54.5 Å². The topological polar surface area (TPSA) is 265 Å². The molecule has 8 aromatic rings. The van der Waals surface area contributed by atoms with E-state index >= 15 is 0 Å². The molecule has 6 atom stereocenters. The number of nitrogens with zero attached hydrogens (tertiary/aromatic N) is 12. The Morgan fingerprint density at radius 3 is 1.54 bits per heavy atom. The van der Waals surface area contributed by atoms with Crippen LogP contribution in [0.5, 0.6) is 0 Å². The maximum absolute atomic E-state index is 12.4. The van der Waals surface area contributed by atoms with E-state index in [9.17, 15) is 22.8 Å². The van der Waals surface area contributed by atoms with E-state index in [-0.39, 0.29) is 42.2 Å². The van der Waals surface area contributed by atoms with Gasteiger partial charge in [0, 0.05) is 193 Å². The summed E-state index contributed by atoms with van der Waals surface area (Å²) in [4.78, 5) is 71.0. The minimum atomic E-state index is -3.39. The summed E-state index contributed by atoms with van der Waals surface area (Å²) in [7, 11) is -2.07. The van der Waals surface area contributed by atoms with Crippen LogP contribution < -0.4 is 31.1 Å². The molecule has 27 heteroatoms. The molecule has 6 fully saturated rings. The van der Waals surface area contributed by atoms with E-state index in [4.69, 9.17) is 10.8 Å². The zero-order valence-electron chi connectivity index (χ0n) is 50.7. The molecule has 89 heavy (non-hydrogen) atoms. The standard InChI is InChI=1S/C22H28N6OS.C16H19N3O2S.C11H13N3S.C7H12O5S.C6H11N3/c29-21(24-5-2-7-27-8-6-23-16-27)19-13-17(19)14-26-9-11-28(12-10-26)20-15-30-22-18(20)3-1-4-25-22;20-16(21)13-8-11(13)9-18-4-6-19(7-5-18)14-10-22-15-12(14)2-1-3-17-15;1-2-9-10(8-15-11(9)13-3-1)14-6-4-12-5-7-14;1-11-7(8)6-3-5(6)4-12-13(2,9)10;7-2-1-4-9-5-3-8-6-9/h1,3-4,6,8,15-17,19H,2,5,7,9-14H2,(H,24,29);1-3,10-11,13H,4-9H2,(H,20,21);1-3,8,12H,4-7H2;5-6H,3-4H2,1-2H3;3,5-6H,1-2,4,7H2/t17-,19+;11-,13+;;5-,6?;/m00.0./s1. The number of aliphatic carboxylic acids is 1. The third kappa shape index (κ3) is 18.9. The number of hydrogen-bond acceptors (Lipinski definition) is 22. The number of rotatable bonds is 20. The number of ether oxygens (including phenoxy) is 1. The van der Waals surface area contributed by atoms with Crippen molar-refractivity contribution in [2.45, 2.75) is 45.2 Å². The van der Waals surface area contributed by atoms with E-state index in [1.165, 1.54) is 40.3 Å². The van der Waals surface area contributed by atoms with Gasteiger partial charge in [-0.2, -0.15) is 8.42 Å². The van der Waals surface area contributed by atoms with Crippen molar-refractivity contribution in [2.75, 3.05) is 139 Å². The Morgan fingerprint density at radius 2 is 1.10 bits per heavy atom. The van der Waals surface area contributed by atoms with Crippen LogP contribution >= 0.6 is 34.0 Å². The summed E-state index contributed by atoms with van der Waals surface area (Å²) in [6, 6.07) is 12.5. The number of amides is 1. The summed E-state index contributed by atoms with van der Waals surface area (Å²) in [5.41, 5.74) is 9.28. The first-order valence-electron chi connectivity index (χ1n) is 30.7. The van der Waals surface area contributed by atoms with Crippen molar-refractivity contribution in [3.05, 3.63) is 109 Å². The number of carbonyl (C=O) groups is 3. The van der Waals surface area contributed by atoms with Gasteiger partial charge in [0.15, 0.2) is 0 Å². The van der Waals surface area contributed by atoms with Crippen LogP contribution in [0.15, 0.2) is 109 Å². The van der Waals surface area contributed by atoms with Crippen LogP contribution in [0.1, 0.15) is 32.1 Å². The summed E-state index contributed by atoms with van der Waals surface area (Å²) in [6.45, 7) is 18.0. The molecule has 5 N–H and O–H groups in total. The average molecular weight is 1290 g/mol. The van der Waals surface area contributed by atoms with Crippen molar-refractivity contribution in [3.63, 3.8) is 0 Å². The number of fused-ring (bicyclic) bond motifs is 3. The van der Waals surface area contributed by atoms with Crippen molar-refractivity contribution < 1.29 is 36.8 Å². The van der Waals surface area contributed by atoms with Gasteiger partial charge in [-0.15, -0.1) is 34.0 Å². The van der Waals surface area contributed by atoms with E-state index in [1.807, 2.05) is 64.6 Å². The second-order valence-electron chi connectivity index (χ2n) is 23.3. The third-order valence-electron chi connectivity index (χ3n) is 16.9. The van der Waals surface area contributed by atoms with E-state index in [0.717, 1.165) is 164 Å². The SMILES string of the molecule is COC(=O)C1C[C@H]1COS(C)(=O)=O.NCCCn1ccnc1.O=C(NCCCn1ccnc1)[C@@H]1C[C@H]1CN1CCN(c2csc3ncccc23)CC1.O=C(O)[C@@H]1C[C@H]1CN1CCN(c2csc3ncccc23)CC1.c1cnc2scc(N3CCNCC3)c2c1. The van der Waals surface area contributed by atoms with E-state index in [0.29, 0.717) is 18.3 Å². The van der Waals surface area contributed by atoms with Crippen LogP contribution in [0.25, 0.3) is 30.6 Å². The predicted octanol–water partition coefficient (Wildman–Crippen LogP) is 6.31. The van der Waals surface area contributed by atoms with Crippen molar-refractivity contribution in [3.8, 4) is 0 Å². The molecule has 3 saturated carbocycles. The summed E-state index contributed by atoms with van der Waals surface area (Å²) >= 11 is 5.16. The summed E-state index contributed by atoms with van der Waals surface area (Å²) in [5.74, 6) is 0.165. The number of pyridine rings is 3. The van der Waals surface area contributed by atoms with Gasteiger partial charge in [0.05, 0.1) is 61.5 Å². The molecule has 1 amide bonds. The number of piperazine rings is 3. The number of nitrogens with one attached hydrogen (secondary N) is 2. The molecule has 23 nitrogen and oxygen atoms in total. The number of aryl methyl sites for hydroxylation is 2. The fraction of sp³-hybridized carbons (Fsp3) is 0.516. The minimum Gasteiger partial charge on any atom is -0.481 e. The highest BCUT2D eigenvalue weighted by molar-refractivity contribution is 7.86. The van der Waals surface area contributed by atoms with Gasteiger partial charge in [-0.1, -0.05) is 0 Å². The Labute approximate surface area is 532 Å². The highest BCUT2D eigenvalue weighted by Crippen LogP contribution is 2.42. The maximum atomic E-state index is 12.4. The largest absolute Gasteiger partial charge is 0.481 e. The number of carboxylic acids is 1. The van der Waals surface area contributed by atoms with Crippen LogP contribution in [0.3, 0.4) is 0 Å². The fourth-order valence-electron chi connectivity index (χ4n) is 11.5. The van der Waals surface area contributed by atoms with Crippen LogP contribution in [0.2, 0.25) is 0 Å². The second-order valence-corrected chi connectivity index (χ2v) is 27.5. The lowest BCUT2D eigenvalue weighted by Gasteiger charge is -2.36. The van der Waals surface area contributed by atoms with Crippen LogP contribution in [0.4, 0.5) is 17.1 Å². The molecule has 1 unspecified atom stereocenters. The molecule has 3 saturated heterocycles. The number of methoxy groups -OCH3 is 1. The lowest BCUT2D eigenvalue weighted by molar-refractivity contribution is -0.142. The number of anilines is 3. The fourth-order valence-corrected chi connectivity index (χ4v) is 14.7. The highest BCUT2D eigenvalue weighted by atomic mass is 32.2. The first kappa shape index (κ1) is 65.3. The number of imidazole rings is 2. The zero-order valence-corrected chi connectivity index (χ0v) is 54.0. The Bertz CT molecular complexity index is 3600. The average Bonchev–Trinajstić information content (AvgIpc) is 2.62. The van der Waals surface area contributed by atoms with Crippen molar-refractivity contribution >= 4 is 110 Å². The molecule has 3 aliphatic heterocycles. The number of aromatic nitrogens is 7. The zero-order chi connectivity index (χ0) is 62.1. The van der Waals surface area contributed by atoms with Gasteiger partial charge in [-0.3, -0.25) is 28.4 Å². The molecule has 478 valence electrons. The smallest absolute Gasteiger partial charge is 0.309 e. The molecule has 6 aliphatic rings. The van der Waals surface area contributed by atoms with Crippen LogP contribution in [-0.4, -0.2) is 200 Å². The number of hydrogen-bond donors (Lipinski definition) is 4. The Kier molecular flexibility index (Phi) is 23.4. The van der Waals surface area contributed by atoms with Gasteiger partial charge < -0.3 is 50.0 Å². The molecule has 0 aromatic carbocycles. The van der Waals surface area contributed by atoms with Gasteiger partial charge in [-0.05, 0) is 92.8 Å². The quantitative estimate of drug-likeness (QED) is 0.0370. The first-order chi connectivity index (χ1) is 43.3. The van der Waals surface area contributed by atoms with Gasteiger partial charge in [0.25, 0.3) is 10.1 Å². The monoisotopic (exact) mass is 1290 g/mol. The summed E-state index contributed by atoms with van der Waals surface area (Å²) in [6.07, 6.45) is 22.1. The van der Waals surface area contributed by atoms with Gasteiger partial charge in [0.1, 0.15) is 14.5 Å². The maximum Gasteiger partial charge on any atom is 0.309 e. The summed E-state index contributed by atoms with van der Waals surface area (Å²) < 4.78 is 34.2. The van der Waals surface area contributed by atoms with Crippen LogP contribution in [0, 0.1) is 35.5 Å². The Balaban J connectivity index is 0.000000130.